The van der Waals surface area contributed by atoms with Crippen molar-refractivity contribution in [3.8, 4) is 0 Å². The van der Waals surface area contributed by atoms with Crippen LogP contribution in [0.3, 0.4) is 0 Å². The van der Waals surface area contributed by atoms with E-state index in [1.165, 1.54) is 12.1 Å². The Morgan fingerprint density at radius 1 is 1.29 bits per heavy atom. The molecule has 0 saturated heterocycles. The summed E-state index contributed by atoms with van der Waals surface area (Å²) in [6.45, 7) is 2.64. The third kappa shape index (κ3) is 5.38. The summed E-state index contributed by atoms with van der Waals surface area (Å²) in [5.74, 6) is 0.759. The van der Waals surface area contributed by atoms with E-state index in [0.717, 1.165) is 17.7 Å². The average Bonchev–Trinajstić information content (AvgIpc) is 2.90. The van der Waals surface area contributed by atoms with E-state index in [2.05, 4.69) is 10.5 Å². The number of carbonyl (C=O) groups excluding carboxylic acids is 1. The second-order valence-corrected chi connectivity index (χ2v) is 5.55. The lowest BCUT2D eigenvalue weighted by atomic mass is 10.1. The number of aromatic nitrogens is 1. The lowest BCUT2D eigenvalue weighted by molar-refractivity contribution is -0.137. The molecule has 0 radical (unpaired) electrons. The smallest absolute Gasteiger partial charge is 0.360 e. The van der Waals surface area contributed by atoms with Crippen molar-refractivity contribution in [2.45, 2.75) is 26.1 Å². The first-order chi connectivity index (χ1) is 11.2. The zero-order chi connectivity index (χ0) is 17.7. The molecule has 24 heavy (non-hydrogen) atoms. The van der Waals surface area contributed by atoms with Crippen LogP contribution in [-0.2, 0) is 17.5 Å². The molecule has 8 heteroatoms. The van der Waals surface area contributed by atoms with Crippen LogP contribution in [0.25, 0.3) is 0 Å². The number of benzene rings is 1. The first kappa shape index (κ1) is 18.0. The lowest BCUT2D eigenvalue weighted by Gasteiger charge is -2.16. The quantitative estimate of drug-likeness (QED) is 0.874. The Morgan fingerprint density at radius 3 is 2.50 bits per heavy atom. The molecule has 0 saturated carbocycles. The highest BCUT2D eigenvalue weighted by atomic mass is 19.4. The van der Waals surface area contributed by atoms with E-state index in [9.17, 15) is 18.0 Å². The van der Waals surface area contributed by atoms with Crippen LogP contribution < -0.4 is 5.32 Å². The Balaban J connectivity index is 1.78. The first-order valence-corrected chi connectivity index (χ1v) is 7.32. The molecule has 1 amide bonds. The largest absolute Gasteiger partial charge is 0.416 e. The molecule has 1 heterocycles. The number of halogens is 3. The molecule has 2 aromatic rings. The minimum Gasteiger partial charge on any atom is -0.360 e. The van der Waals surface area contributed by atoms with Crippen molar-refractivity contribution in [2.75, 3.05) is 18.9 Å². The number of nitrogens with one attached hydrogen (secondary N) is 1. The van der Waals surface area contributed by atoms with Gasteiger partial charge in [-0.1, -0.05) is 17.3 Å². The molecule has 0 aliphatic carbocycles. The van der Waals surface area contributed by atoms with Crippen LogP contribution in [0.2, 0.25) is 0 Å². The topological polar surface area (TPSA) is 58.4 Å². The number of carbonyl (C=O) groups is 1. The highest BCUT2D eigenvalue weighted by molar-refractivity contribution is 5.89. The van der Waals surface area contributed by atoms with Crippen LogP contribution in [0.5, 0.6) is 0 Å². The van der Waals surface area contributed by atoms with E-state index in [1.807, 2.05) is 4.90 Å². The Kier molecular flexibility index (Phi) is 5.61. The number of nitrogens with zero attached hydrogens (tertiary/aromatic N) is 2. The van der Waals surface area contributed by atoms with E-state index in [1.54, 1.807) is 20.0 Å². The Bertz CT molecular complexity index is 681. The van der Waals surface area contributed by atoms with Gasteiger partial charge in [0.25, 0.3) is 0 Å². The summed E-state index contributed by atoms with van der Waals surface area (Å²) in [6.07, 6.45) is -4.09. The minimum absolute atomic E-state index is 0.206. The predicted molar refractivity (Wildman–Crippen MR) is 82.3 cm³/mol. The molecule has 1 aromatic heterocycles. The molecule has 0 atom stereocenters. The van der Waals surface area contributed by atoms with Crippen molar-refractivity contribution in [3.05, 3.63) is 47.2 Å². The molecular formula is C16H18F3N3O2. The van der Waals surface area contributed by atoms with Crippen molar-refractivity contribution in [2.24, 2.45) is 0 Å². The van der Waals surface area contributed by atoms with Crippen LogP contribution in [0.15, 0.2) is 34.9 Å². The Morgan fingerprint density at radius 2 is 1.96 bits per heavy atom. The second-order valence-electron chi connectivity index (χ2n) is 5.55. The van der Waals surface area contributed by atoms with Gasteiger partial charge in [-0.05, 0) is 31.7 Å². The number of amides is 1. The number of alkyl halides is 3. The molecule has 2 rings (SSSR count). The number of hydrogen-bond donors (Lipinski definition) is 1. The molecule has 0 bridgehead atoms. The third-order valence-corrected chi connectivity index (χ3v) is 3.35. The van der Waals surface area contributed by atoms with E-state index in [0.29, 0.717) is 24.7 Å². The minimum atomic E-state index is -4.33. The monoisotopic (exact) mass is 341 g/mol. The zero-order valence-corrected chi connectivity index (χ0v) is 13.4. The van der Waals surface area contributed by atoms with Gasteiger partial charge in [-0.2, -0.15) is 13.2 Å². The van der Waals surface area contributed by atoms with E-state index < -0.39 is 11.7 Å². The molecule has 1 N–H and O–H groups in total. The van der Waals surface area contributed by atoms with Crippen LogP contribution in [0.1, 0.15) is 23.3 Å². The number of anilines is 1. The first-order valence-electron chi connectivity index (χ1n) is 7.32. The number of rotatable bonds is 6. The molecular weight excluding hydrogens is 323 g/mol. The van der Waals surface area contributed by atoms with Crippen molar-refractivity contribution in [1.82, 2.24) is 10.1 Å². The lowest BCUT2D eigenvalue weighted by Crippen LogP contribution is -2.24. The molecule has 0 spiro atoms. The molecule has 0 fully saturated rings. The van der Waals surface area contributed by atoms with E-state index >= 15 is 0 Å². The third-order valence-electron chi connectivity index (χ3n) is 3.35. The fraction of sp³-hybridized carbons (Fsp3) is 0.375. The molecule has 5 nitrogen and oxygen atoms in total. The Labute approximate surface area is 137 Å². The van der Waals surface area contributed by atoms with Gasteiger partial charge in [-0.3, -0.25) is 4.79 Å². The van der Waals surface area contributed by atoms with Crippen LogP contribution in [0, 0.1) is 6.92 Å². The van der Waals surface area contributed by atoms with Gasteiger partial charge in [0.2, 0.25) is 5.91 Å². The second kappa shape index (κ2) is 7.48. The van der Waals surface area contributed by atoms with E-state index in [-0.39, 0.29) is 12.3 Å². The molecule has 0 aliphatic rings. The fourth-order valence-electron chi connectivity index (χ4n) is 2.11. The maximum absolute atomic E-state index is 12.5. The van der Waals surface area contributed by atoms with Crippen LogP contribution >= 0.6 is 0 Å². The summed E-state index contributed by atoms with van der Waals surface area (Å²) >= 11 is 0. The van der Waals surface area contributed by atoms with Crippen molar-refractivity contribution < 1.29 is 22.5 Å². The van der Waals surface area contributed by atoms with Gasteiger partial charge in [0.05, 0.1) is 5.56 Å². The average molecular weight is 341 g/mol. The van der Waals surface area contributed by atoms with Crippen molar-refractivity contribution in [3.63, 3.8) is 0 Å². The van der Waals surface area contributed by atoms with Crippen LogP contribution in [0.4, 0.5) is 19.0 Å². The van der Waals surface area contributed by atoms with Gasteiger partial charge in [-0.25, -0.2) is 0 Å². The van der Waals surface area contributed by atoms with Crippen LogP contribution in [-0.4, -0.2) is 29.6 Å². The molecule has 0 unspecified atom stereocenters. The maximum atomic E-state index is 12.5. The zero-order valence-electron chi connectivity index (χ0n) is 13.4. The fourth-order valence-corrected chi connectivity index (χ4v) is 2.11. The summed E-state index contributed by atoms with van der Waals surface area (Å²) in [5.41, 5.74) is 0.0780. The molecule has 1 aromatic carbocycles. The summed E-state index contributed by atoms with van der Waals surface area (Å²) in [7, 11) is 1.80. The summed E-state index contributed by atoms with van der Waals surface area (Å²) in [5, 5.41) is 6.28. The highest BCUT2D eigenvalue weighted by Gasteiger charge is 2.29. The molecule has 0 aliphatic heterocycles. The van der Waals surface area contributed by atoms with Crippen molar-refractivity contribution in [1.29, 1.82) is 0 Å². The standard InChI is InChI=1S/C16H18F3N3O2/c1-11-9-14(21-24-11)20-15(23)7-8-22(2)10-12-3-5-13(6-4-12)16(17,18)19/h3-6,9H,7-8,10H2,1-2H3,(H,20,21,23). The highest BCUT2D eigenvalue weighted by Crippen LogP contribution is 2.29. The predicted octanol–water partition coefficient (Wildman–Crippen LogP) is 3.46. The van der Waals surface area contributed by atoms with Gasteiger partial charge >= 0.3 is 6.18 Å². The van der Waals surface area contributed by atoms with E-state index in [4.69, 9.17) is 4.52 Å². The summed E-state index contributed by atoms with van der Waals surface area (Å²) in [6, 6.07) is 6.62. The van der Waals surface area contributed by atoms with Gasteiger partial charge in [-0.15, -0.1) is 0 Å². The van der Waals surface area contributed by atoms with Gasteiger partial charge in [0.1, 0.15) is 5.76 Å². The summed E-state index contributed by atoms with van der Waals surface area (Å²) in [4.78, 5) is 13.6. The van der Waals surface area contributed by atoms with Gasteiger partial charge < -0.3 is 14.7 Å². The van der Waals surface area contributed by atoms with Crippen molar-refractivity contribution >= 4 is 11.7 Å². The Hall–Kier alpha value is -2.35. The number of aryl methyl sites for hydroxylation is 1. The van der Waals surface area contributed by atoms with Gasteiger partial charge in [0.15, 0.2) is 5.82 Å². The maximum Gasteiger partial charge on any atom is 0.416 e. The normalized spacial score (nSPS) is 11.8. The SMILES string of the molecule is Cc1cc(NC(=O)CCN(C)Cc2ccc(C(F)(F)F)cc2)no1. The summed E-state index contributed by atoms with van der Waals surface area (Å²) < 4.78 is 42.4. The number of hydrogen-bond acceptors (Lipinski definition) is 4. The molecule has 130 valence electrons. The van der Waals surface area contributed by atoms with Gasteiger partial charge in [0, 0.05) is 25.6 Å².